The molecule has 32 heavy (non-hydrogen) atoms. The van der Waals surface area contributed by atoms with E-state index in [0.29, 0.717) is 5.69 Å². The fourth-order valence-electron chi connectivity index (χ4n) is 2.51. The summed E-state index contributed by atoms with van der Waals surface area (Å²) >= 11 is 0. The van der Waals surface area contributed by atoms with E-state index in [1.807, 2.05) is 0 Å². The first-order chi connectivity index (χ1) is 15.0. The number of carbonyl (C=O) groups is 5. The maximum absolute atomic E-state index is 12.7. The second-order valence-electron chi connectivity index (χ2n) is 7.35. The quantitative estimate of drug-likeness (QED) is 0.149. The molecule has 14 nitrogen and oxygen atoms in total. The topological polar surface area (TPSA) is 237 Å². The van der Waals surface area contributed by atoms with Crippen LogP contribution in [-0.2, 0) is 30.4 Å². The van der Waals surface area contributed by atoms with Crippen molar-refractivity contribution in [2.24, 2.45) is 11.7 Å². The molecule has 0 aromatic carbocycles. The highest BCUT2D eigenvalue weighted by Crippen LogP contribution is 2.04. The lowest BCUT2D eigenvalue weighted by Gasteiger charge is -2.24. The van der Waals surface area contributed by atoms with Crippen molar-refractivity contribution in [2.75, 3.05) is 6.61 Å². The van der Waals surface area contributed by atoms with E-state index in [1.54, 1.807) is 13.8 Å². The number of aromatic nitrogens is 2. The van der Waals surface area contributed by atoms with E-state index in [0.717, 1.165) is 0 Å². The Morgan fingerprint density at radius 2 is 1.56 bits per heavy atom. The van der Waals surface area contributed by atoms with Gasteiger partial charge in [0.1, 0.15) is 18.1 Å². The SMILES string of the molecule is CC(C)C(N)C(=O)NC(CC(=O)O)C(=O)NC(Cc1cnc[nH]1)C(=O)NC(CO)C(=O)O. The van der Waals surface area contributed by atoms with Crippen LogP contribution in [0.5, 0.6) is 0 Å². The average molecular weight is 456 g/mol. The smallest absolute Gasteiger partial charge is 0.328 e. The van der Waals surface area contributed by atoms with Crippen molar-refractivity contribution in [3.63, 3.8) is 0 Å². The molecule has 0 fully saturated rings. The number of carbonyl (C=O) groups excluding carboxylic acids is 3. The molecule has 1 rings (SSSR count). The van der Waals surface area contributed by atoms with Gasteiger partial charge in [0.2, 0.25) is 17.7 Å². The summed E-state index contributed by atoms with van der Waals surface area (Å²) in [5.41, 5.74) is 6.14. The zero-order valence-corrected chi connectivity index (χ0v) is 17.6. The van der Waals surface area contributed by atoms with Crippen molar-refractivity contribution >= 4 is 29.7 Å². The van der Waals surface area contributed by atoms with Crippen molar-refractivity contribution < 1.29 is 39.3 Å². The number of carboxylic acids is 2. The van der Waals surface area contributed by atoms with Crippen molar-refractivity contribution in [2.45, 2.75) is 50.9 Å². The molecule has 178 valence electrons. The van der Waals surface area contributed by atoms with Crippen LogP contribution < -0.4 is 21.7 Å². The van der Waals surface area contributed by atoms with Crippen LogP contribution >= 0.6 is 0 Å². The van der Waals surface area contributed by atoms with Gasteiger partial charge in [0.15, 0.2) is 0 Å². The Hall–Kier alpha value is -3.52. The number of imidazole rings is 1. The molecular formula is C18H28N6O8. The highest BCUT2D eigenvalue weighted by atomic mass is 16.4. The van der Waals surface area contributed by atoms with Gasteiger partial charge in [-0.15, -0.1) is 0 Å². The average Bonchev–Trinajstić information content (AvgIpc) is 3.22. The van der Waals surface area contributed by atoms with Gasteiger partial charge in [-0.25, -0.2) is 9.78 Å². The molecule has 1 aromatic rings. The van der Waals surface area contributed by atoms with Crippen molar-refractivity contribution in [1.82, 2.24) is 25.9 Å². The molecule has 3 amide bonds. The number of nitrogens with two attached hydrogens (primary N) is 1. The monoisotopic (exact) mass is 456 g/mol. The minimum Gasteiger partial charge on any atom is -0.481 e. The predicted octanol–water partition coefficient (Wildman–Crippen LogP) is -3.06. The maximum atomic E-state index is 12.7. The van der Waals surface area contributed by atoms with Gasteiger partial charge in [-0.2, -0.15) is 0 Å². The highest BCUT2D eigenvalue weighted by Gasteiger charge is 2.32. The van der Waals surface area contributed by atoms with Crippen molar-refractivity contribution in [3.8, 4) is 0 Å². The van der Waals surface area contributed by atoms with E-state index < -0.39 is 66.9 Å². The molecule has 4 atom stereocenters. The summed E-state index contributed by atoms with van der Waals surface area (Å²) in [5, 5.41) is 33.9. The molecule has 1 heterocycles. The molecule has 0 bridgehead atoms. The summed E-state index contributed by atoms with van der Waals surface area (Å²) in [5.74, 6) is -5.85. The van der Waals surface area contributed by atoms with Gasteiger partial charge in [-0.1, -0.05) is 13.8 Å². The lowest BCUT2D eigenvalue weighted by Crippen LogP contribution is -2.58. The molecule has 0 saturated heterocycles. The Balaban J connectivity index is 3.04. The lowest BCUT2D eigenvalue weighted by molar-refractivity contribution is -0.144. The van der Waals surface area contributed by atoms with Crippen molar-refractivity contribution in [3.05, 3.63) is 18.2 Å². The number of hydrogen-bond acceptors (Lipinski definition) is 8. The zero-order chi connectivity index (χ0) is 24.4. The van der Waals surface area contributed by atoms with E-state index in [9.17, 15) is 24.0 Å². The van der Waals surface area contributed by atoms with E-state index in [2.05, 4.69) is 25.9 Å². The van der Waals surface area contributed by atoms with Crippen LogP contribution in [0, 0.1) is 5.92 Å². The van der Waals surface area contributed by atoms with Crippen LogP contribution in [0.3, 0.4) is 0 Å². The van der Waals surface area contributed by atoms with E-state index in [4.69, 9.17) is 21.1 Å². The van der Waals surface area contributed by atoms with Gasteiger partial charge in [-0.05, 0) is 5.92 Å². The Morgan fingerprint density at radius 1 is 1.00 bits per heavy atom. The number of carboxylic acid groups (broad SMARTS) is 2. The van der Waals surface area contributed by atoms with Crippen molar-refractivity contribution in [1.29, 1.82) is 0 Å². The summed E-state index contributed by atoms with van der Waals surface area (Å²) in [6.45, 7) is 2.44. The van der Waals surface area contributed by atoms with E-state index in [1.165, 1.54) is 12.5 Å². The lowest BCUT2D eigenvalue weighted by atomic mass is 10.0. The number of aliphatic carboxylic acids is 2. The Labute approximate surface area is 183 Å². The Morgan fingerprint density at radius 3 is 2.03 bits per heavy atom. The first kappa shape index (κ1) is 26.5. The third kappa shape index (κ3) is 8.31. The first-order valence-electron chi connectivity index (χ1n) is 9.65. The number of amides is 3. The van der Waals surface area contributed by atoms with E-state index >= 15 is 0 Å². The second-order valence-corrected chi connectivity index (χ2v) is 7.35. The largest absolute Gasteiger partial charge is 0.481 e. The number of hydrogen-bond donors (Lipinski definition) is 8. The number of nitrogens with one attached hydrogen (secondary N) is 4. The number of aliphatic hydroxyl groups is 1. The molecule has 0 radical (unpaired) electrons. The molecule has 0 spiro atoms. The molecule has 9 N–H and O–H groups in total. The summed E-state index contributed by atoms with van der Waals surface area (Å²) in [6.07, 6.45) is 1.75. The molecule has 0 aliphatic carbocycles. The minimum atomic E-state index is -1.62. The van der Waals surface area contributed by atoms with Gasteiger partial charge in [-0.3, -0.25) is 19.2 Å². The van der Waals surface area contributed by atoms with Gasteiger partial charge in [0.25, 0.3) is 0 Å². The number of aliphatic hydroxyl groups excluding tert-OH is 1. The maximum Gasteiger partial charge on any atom is 0.328 e. The third-order valence-electron chi connectivity index (χ3n) is 4.44. The molecule has 4 unspecified atom stereocenters. The molecule has 0 aliphatic heterocycles. The van der Waals surface area contributed by atoms with Crippen LogP contribution in [0.1, 0.15) is 26.0 Å². The number of H-pyrrole nitrogens is 1. The molecular weight excluding hydrogens is 428 g/mol. The predicted molar refractivity (Wildman–Crippen MR) is 108 cm³/mol. The molecule has 0 aliphatic rings. The van der Waals surface area contributed by atoms with Crippen LogP contribution in [0.2, 0.25) is 0 Å². The summed E-state index contributed by atoms with van der Waals surface area (Å²) < 4.78 is 0. The van der Waals surface area contributed by atoms with Gasteiger partial charge in [0.05, 0.1) is 25.4 Å². The summed E-state index contributed by atoms with van der Waals surface area (Å²) in [6, 6.07) is -5.54. The van der Waals surface area contributed by atoms with E-state index in [-0.39, 0.29) is 12.3 Å². The second kappa shape index (κ2) is 12.4. The third-order valence-corrected chi connectivity index (χ3v) is 4.44. The van der Waals surface area contributed by atoms with Crippen LogP contribution in [0.25, 0.3) is 0 Å². The highest BCUT2D eigenvalue weighted by molar-refractivity contribution is 5.95. The zero-order valence-electron chi connectivity index (χ0n) is 17.6. The number of aromatic amines is 1. The van der Waals surface area contributed by atoms with Gasteiger partial charge in [0, 0.05) is 18.3 Å². The van der Waals surface area contributed by atoms with Gasteiger partial charge >= 0.3 is 11.9 Å². The summed E-state index contributed by atoms with van der Waals surface area (Å²) in [4.78, 5) is 66.3. The molecule has 1 aromatic heterocycles. The Bertz CT molecular complexity index is 812. The fraction of sp³-hybridized carbons (Fsp3) is 0.556. The number of rotatable bonds is 13. The standard InChI is InChI=1S/C18H28N6O8/c1-8(2)14(19)17(30)23-11(4-13(26)27)16(29)22-10(3-9-5-20-7-21-9)15(28)24-12(6-25)18(31)32/h5,7-8,10-12,14,25H,3-4,6,19H2,1-2H3,(H,20,21)(H,22,29)(H,23,30)(H,24,28)(H,26,27)(H,31,32). The first-order valence-corrected chi connectivity index (χ1v) is 9.65. The Kier molecular flexibility index (Phi) is 10.2. The minimum absolute atomic E-state index is 0.158. The van der Waals surface area contributed by atoms with Crippen LogP contribution in [0.4, 0.5) is 0 Å². The normalized spacial score (nSPS) is 14.7. The van der Waals surface area contributed by atoms with Crippen LogP contribution in [0.15, 0.2) is 12.5 Å². The fourth-order valence-corrected chi connectivity index (χ4v) is 2.51. The molecule has 14 heteroatoms. The summed E-state index contributed by atoms with van der Waals surface area (Å²) in [7, 11) is 0. The van der Waals surface area contributed by atoms with Gasteiger partial charge < -0.3 is 42.0 Å². The number of nitrogens with zero attached hydrogens (tertiary/aromatic N) is 1. The molecule has 0 saturated carbocycles. The van der Waals surface area contributed by atoms with Crippen LogP contribution in [-0.4, -0.2) is 85.7 Å².